The van der Waals surface area contributed by atoms with Gasteiger partial charge in [-0.25, -0.2) is 4.98 Å². The lowest BCUT2D eigenvalue weighted by molar-refractivity contribution is 0.0760. The molecule has 2 rings (SSSR count). The van der Waals surface area contributed by atoms with Gasteiger partial charge in [0, 0.05) is 24.7 Å². The van der Waals surface area contributed by atoms with Crippen LogP contribution in [0.3, 0.4) is 0 Å². The highest BCUT2D eigenvalue weighted by Crippen LogP contribution is 2.24. The fourth-order valence-electron chi connectivity index (χ4n) is 2.07. The van der Waals surface area contributed by atoms with Gasteiger partial charge >= 0.3 is 0 Å². The number of terminal acetylenes is 1. The van der Waals surface area contributed by atoms with Crippen molar-refractivity contribution >= 4 is 22.9 Å². The van der Waals surface area contributed by atoms with Gasteiger partial charge in [-0.2, -0.15) is 0 Å². The molecule has 126 valence electrons. The predicted molar refractivity (Wildman–Crippen MR) is 95.7 cm³/mol. The highest BCUT2D eigenvalue weighted by Gasteiger charge is 2.19. The molecule has 1 amide bonds. The quantitative estimate of drug-likeness (QED) is 0.721. The van der Waals surface area contributed by atoms with Crippen LogP contribution in [0.15, 0.2) is 29.6 Å². The summed E-state index contributed by atoms with van der Waals surface area (Å²) in [5.74, 6) is 2.91. The summed E-state index contributed by atoms with van der Waals surface area (Å²) >= 11 is 1.43. The number of carbonyl (C=O) groups excluding carboxylic acids is 1. The topological polar surface area (TPSA) is 51.7 Å². The molecule has 6 heteroatoms. The Labute approximate surface area is 146 Å². The third-order valence-corrected chi connectivity index (χ3v) is 4.36. The lowest BCUT2D eigenvalue weighted by atomic mass is 10.2. The molecule has 0 saturated heterocycles. The van der Waals surface area contributed by atoms with E-state index in [-0.39, 0.29) is 18.6 Å². The number of benzene rings is 1. The minimum Gasteiger partial charge on any atom is -0.481 e. The highest BCUT2D eigenvalue weighted by molar-refractivity contribution is 7.09. The Hall–Kier alpha value is -2.36. The van der Waals surface area contributed by atoms with E-state index in [4.69, 9.17) is 15.9 Å². The van der Waals surface area contributed by atoms with Crippen LogP contribution >= 0.6 is 11.3 Å². The molecule has 0 N–H and O–H groups in total. The number of carbonyl (C=O) groups is 1. The predicted octanol–water partition coefficient (Wildman–Crippen LogP) is 3.53. The van der Waals surface area contributed by atoms with Crippen molar-refractivity contribution < 1.29 is 14.3 Å². The van der Waals surface area contributed by atoms with Gasteiger partial charge in [-0.05, 0) is 38.1 Å². The van der Waals surface area contributed by atoms with Crippen LogP contribution in [0, 0.1) is 12.3 Å². The summed E-state index contributed by atoms with van der Waals surface area (Å²) in [4.78, 5) is 18.5. The van der Waals surface area contributed by atoms with Gasteiger partial charge in [0.2, 0.25) is 0 Å². The second kappa shape index (κ2) is 8.48. The molecule has 0 aliphatic carbocycles. The fourth-order valence-corrected chi connectivity index (χ4v) is 2.87. The standard InChI is InChI=1S/C18H20N2O3S/c1-5-11-23-15-9-7-14(8-10-15)20(4)18(21)16-12-24-17(19-16)13(3)22-6-2/h1,7-10,12-13H,6,11H2,2-4H3/t13-/m0/s1. The van der Waals surface area contributed by atoms with Crippen LogP contribution in [0.25, 0.3) is 0 Å². The Kier molecular flexibility index (Phi) is 6.36. The molecule has 1 heterocycles. The molecule has 5 nitrogen and oxygen atoms in total. The fraction of sp³-hybridized carbons (Fsp3) is 0.333. The Morgan fingerprint density at radius 2 is 2.12 bits per heavy atom. The van der Waals surface area contributed by atoms with E-state index >= 15 is 0 Å². The third-order valence-electron chi connectivity index (χ3n) is 3.36. The number of aromatic nitrogens is 1. The van der Waals surface area contributed by atoms with Gasteiger partial charge in [0.15, 0.2) is 0 Å². The van der Waals surface area contributed by atoms with E-state index in [1.54, 1.807) is 41.6 Å². The van der Waals surface area contributed by atoms with Gasteiger partial charge in [-0.3, -0.25) is 4.79 Å². The van der Waals surface area contributed by atoms with E-state index in [2.05, 4.69) is 10.9 Å². The summed E-state index contributed by atoms with van der Waals surface area (Å²) < 4.78 is 10.8. The number of anilines is 1. The van der Waals surface area contributed by atoms with Gasteiger partial charge in [-0.1, -0.05) is 5.92 Å². The molecule has 1 aromatic heterocycles. The summed E-state index contributed by atoms with van der Waals surface area (Å²) in [5, 5.41) is 2.56. The first-order valence-electron chi connectivity index (χ1n) is 7.58. The molecule has 0 radical (unpaired) electrons. The zero-order valence-corrected chi connectivity index (χ0v) is 14.8. The first kappa shape index (κ1) is 18.0. The van der Waals surface area contributed by atoms with Crippen molar-refractivity contribution in [2.75, 3.05) is 25.2 Å². The molecule has 0 aliphatic rings. The van der Waals surface area contributed by atoms with E-state index in [0.29, 0.717) is 18.1 Å². The second-order valence-corrected chi connectivity index (χ2v) is 5.91. The molecular formula is C18H20N2O3S. The average Bonchev–Trinajstić information content (AvgIpc) is 3.09. The summed E-state index contributed by atoms with van der Waals surface area (Å²) in [6.45, 7) is 4.68. The molecular weight excluding hydrogens is 324 g/mol. The Balaban J connectivity index is 2.07. The van der Waals surface area contributed by atoms with Crippen molar-refractivity contribution in [2.24, 2.45) is 0 Å². The number of hydrogen-bond donors (Lipinski definition) is 0. The number of nitrogens with zero attached hydrogens (tertiary/aromatic N) is 2. The van der Waals surface area contributed by atoms with Crippen molar-refractivity contribution in [3.63, 3.8) is 0 Å². The van der Waals surface area contributed by atoms with Crippen LogP contribution < -0.4 is 9.64 Å². The summed E-state index contributed by atoms with van der Waals surface area (Å²) in [6, 6.07) is 7.17. The summed E-state index contributed by atoms with van der Waals surface area (Å²) in [5.41, 5.74) is 1.16. The highest BCUT2D eigenvalue weighted by atomic mass is 32.1. The Bertz CT molecular complexity index is 719. The lowest BCUT2D eigenvalue weighted by Gasteiger charge is -2.16. The normalized spacial score (nSPS) is 11.6. The molecule has 0 bridgehead atoms. The molecule has 1 aromatic carbocycles. The molecule has 1 atom stereocenters. The molecule has 0 saturated carbocycles. The van der Waals surface area contributed by atoms with Gasteiger partial charge in [0.05, 0.1) is 0 Å². The van der Waals surface area contributed by atoms with Crippen molar-refractivity contribution in [1.29, 1.82) is 0 Å². The maximum absolute atomic E-state index is 12.6. The Morgan fingerprint density at radius 1 is 1.42 bits per heavy atom. The van der Waals surface area contributed by atoms with Crippen molar-refractivity contribution in [1.82, 2.24) is 4.98 Å². The minimum absolute atomic E-state index is 0.112. The van der Waals surface area contributed by atoms with Crippen LogP contribution in [0.1, 0.15) is 35.4 Å². The zero-order chi connectivity index (χ0) is 17.5. The van der Waals surface area contributed by atoms with Gasteiger partial charge < -0.3 is 14.4 Å². The zero-order valence-electron chi connectivity index (χ0n) is 14.0. The number of rotatable bonds is 7. The maximum atomic E-state index is 12.6. The van der Waals surface area contributed by atoms with Crippen LogP contribution in [0.5, 0.6) is 5.75 Å². The van der Waals surface area contributed by atoms with Crippen LogP contribution in [0.2, 0.25) is 0 Å². The monoisotopic (exact) mass is 344 g/mol. The van der Waals surface area contributed by atoms with E-state index in [9.17, 15) is 4.79 Å². The molecule has 0 fully saturated rings. The molecule has 0 unspecified atom stereocenters. The summed E-state index contributed by atoms with van der Waals surface area (Å²) in [7, 11) is 1.71. The smallest absolute Gasteiger partial charge is 0.277 e. The van der Waals surface area contributed by atoms with Crippen LogP contribution in [-0.4, -0.2) is 31.2 Å². The van der Waals surface area contributed by atoms with Crippen LogP contribution in [0.4, 0.5) is 5.69 Å². The maximum Gasteiger partial charge on any atom is 0.277 e. The van der Waals surface area contributed by atoms with Crippen molar-refractivity contribution in [3.8, 4) is 18.1 Å². The number of thiazole rings is 1. The van der Waals surface area contributed by atoms with E-state index in [0.717, 1.165) is 10.7 Å². The van der Waals surface area contributed by atoms with Crippen molar-refractivity contribution in [2.45, 2.75) is 20.0 Å². The first-order valence-corrected chi connectivity index (χ1v) is 8.46. The van der Waals surface area contributed by atoms with Gasteiger partial charge in [0.1, 0.15) is 29.2 Å². The van der Waals surface area contributed by atoms with Crippen molar-refractivity contribution in [3.05, 3.63) is 40.3 Å². The third kappa shape index (κ3) is 4.34. The number of amides is 1. The largest absolute Gasteiger partial charge is 0.481 e. The molecule has 2 aromatic rings. The summed E-state index contributed by atoms with van der Waals surface area (Å²) in [6.07, 6.45) is 5.05. The van der Waals surface area contributed by atoms with Crippen LogP contribution in [-0.2, 0) is 4.74 Å². The van der Waals surface area contributed by atoms with Gasteiger partial charge in [0.25, 0.3) is 5.91 Å². The number of hydrogen-bond acceptors (Lipinski definition) is 5. The molecule has 0 aliphatic heterocycles. The molecule has 0 spiro atoms. The van der Waals surface area contributed by atoms with E-state index < -0.39 is 0 Å². The van der Waals surface area contributed by atoms with Gasteiger partial charge in [-0.15, -0.1) is 17.8 Å². The van der Waals surface area contributed by atoms with E-state index in [1.807, 2.05) is 13.8 Å². The first-order chi connectivity index (χ1) is 11.6. The Morgan fingerprint density at radius 3 is 2.75 bits per heavy atom. The molecule has 24 heavy (non-hydrogen) atoms. The second-order valence-electron chi connectivity index (χ2n) is 5.02. The minimum atomic E-state index is -0.168. The lowest BCUT2D eigenvalue weighted by Crippen LogP contribution is -2.26. The SMILES string of the molecule is C#CCOc1ccc(N(C)C(=O)c2csc([C@H](C)OCC)n2)cc1. The number of ether oxygens (including phenoxy) is 2. The van der Waals surface area contributed by atoms with E-state index in [1.165, 1.54) is 11.3 Å². The average molecular weight is 344 g/mol.